The number of ether oxygens (including phenoxy) is 1. The Labute approximate surface area is 125 Å². The van der Waals surface area contributed by atoms with Crippen LogP contribution in [0.25, 0.3) is 0 Å². The molecule has 0 aromatic carbocycles. The van der Waals surface area contributed by atoms with Gasteiger partial charge in [0.2, 0.25) is 0 Å². The maximum absolute atomic E-state index is 11.0. The van der Waals surface area contributed by atoms with Crippen LogP contribution in [0.2, 0.25) is 0 Å². The second kappa shape index (κ2) is 14.6. The summed E-state index contributed by atoms with van der Waals surface area (Å²) in [4.78, 5) is 13.5. The second-order valence-electron chi connectivity index (χ2n) is 5.33. The Morgan fingerprint density at radius 2 is 1.50 bits per heavy atom. The van der Waals surface area contributed by atoms with Crippen LogP contribution in [0.4, 0.5) is 0 Å². The van der Waals surface area contributed by atoms with Crippen LogP contribution in [0, 0.1) is 0 Å². The number of hydrogen-bond acceptors (Lipinski definition) is 3. The Bertz CT molecular complexity index is 241. The van der Waals surface area contributed by atoms with Gasteiger partial charge in [-0.05, 0) is 25.9 Å². The number of esters is 1. The Morgan fingerprint density at radius 3 is 2.10 bits per heavy atom. The highest BCUT2D eigenvalue weighted by Crippen LogP contribution is 2.05. The van der Waals surface area contributed by atoms with E-state index in [-0.39, 0.29) is 5.97 Å². The molecule has 3 heteroatoms. The largest absolute Gasteiger partial charge is 0.461 e. The Balaban J connectivity index is 3.81. The average Bonchev–Trinajstić information content (AvgIpc) is 2.46. The van der Waals surface area contributed by atoms with Crippen molar-refractivity contribution in [2.45, 2.75) is 65.2 Å². The van der Waals surface area contributed by atoms with Crippen molar-refractivity contribution >= 4 is 5.97 Å². The third-order valence-corrected chi connectivity index (χ3v) is 3.47. The third-order valence-electron chi connectivity index (χ3n) is 3.47. The maximum atomic E-state index is 11.0. The molecule has 0 N–H and O–H groups in total. The molecule has 0 aromatic heterocycles. The van der Waals surface area contributed by atoms with Crippen LogP contribution in [-0.4, -0.2) is 37.1 Å². The van der Waals surface area contributed by atoms with Crippen molar-refractivity contribution in [3.63, 3.8) is 0 Å². The SMILES string of the molecule is C=CC(=O)OCCN(CCCCC)CCCCCCC. The van der Waals surface area contributed by atoms with E-state index in [0.717, 1.165) is 19.6 Å². The van der Waals surface area contributed by atoms with Crippen molar-refractivity contribution in [2.75, 3.05) is 26.2 Å². The van der Waals surface area contributed by atoms with Gasteiger partial charge in [-0.3, -0.25) is 4.90 Å². The van der Waals surface area contributed by atoms with Crippen molar-refractivity contribution in [1.82, 2.24) is 4.90 Å². The Morgan fingerprint density at radius 1 is 0.950 bits per heavy atom. The van der Waals surface area contributed by atoms with E-state index in [0.29, 0.717) is 6.61 Å². The highest BCUT2D eigenvalue weighted by molar-refractivity contribution is 5.81. The van der Waals surface area contributed by atoms with Gasteiger partial charge in [0.25, 0.3) is 0 Å². The Hall–Kier alpha value is -0.830. The van der Waals surface area contributed by atoms with Gasteiger partial charge >= 0.3 is 5.97 Å². The third kappa shape index (κ3) is 12.2. The van der Waals surface area contributed by atoms with Gasteiger partial charge in [-0.25, -0.2) is 4.79 Å². The van der Waals surface area contributed by atoms with E-state index in [2.05, 4.69) is 25.3 Å². The fourth-order valence-corrected chi connectivity index (χ4v) is 2.19. The molecule has 20 heavy (non-hydrogen) atoms. The molecule has 0 atom stereocenters. The van der Waals surface area contributed by atoms with Gasteiger partial charge in [0.05, 0.1) is 0 Å². The van der Waals surface area contributed by atoms with Crippen LogP contribution in [0.1, 0.15) is 65.2 Å². The van der Waals surface area contributed by atoms with Crippen LogP contribution in [-0.2, 0) is 9.53 Å². The quantitative estimate of drug-likeness (QED) is 0.272. The predicted octanol–water partition coefficient (Wildman–Crippen LogP) is 4.18. The zero-order chi connectivity index (χ0) is 15.1. The topological polar surface area (TPSA) is 29.5 Å². The number of rotatable bonds is 14. The first-order valence-corrected chi connectivity index (χ1v) is 8.26. The summed E-state index contributed by atoms with van der Waals surface area (Å²) in [5.74, 6) is -0.318. The van der Waals surface area contributed by atoms with Crippen molar-refractivity contribution < 1.29 is 9.53 Å². The molecule has 0 radical (unpaired) electrons. The van der Waals surface area contributed by atoms with E-state index < -0.39 is 0 Å². The summed E-state index contributed by atoms with van der Waals surface area (Å²) < 4.78 is 5.07. The Kier molecular flexibility index (Phi) is 14.0. The second-order valence-corrected chi connectivity index (χ2v) is 5.33. The lowest BCUT2D eigenvalue weighted by Gasteiger charge is -2.22. The lowest BCUT2D eigenvalue weighted by Crippen LogP contribution is -2.30. The van der Waals surface area contributed by atoms with E-state index in [4.69, 9.17) is 4.74 Å². The van der Waals surface area contributed by atoms with Gasteiger partial charge < -0.3 is 4.74 Å². The number of carbonyl (C=O) groups excluding carboxylic acids is 1. The predicted molar refractivity (Wildman–Crippen MR) is 85.9 cm³/mol. The van der Waals surface area contributed by atoms with Crippen LogP contribution >= 0.6 is 0 Å². The number of hydrogen-bond donors (Lipinski definition) is 0. The molecule has 0 spiro atoms. The van der Waals surface area contributed by atoms with E-state index in [1.54, 1.807) is 0 Å². The number of carbonyl (C=O) groups is 1. The highest BCUT2D eigenvalue weighted by Gasteiger charge is 2.05. The van der Waals surface area contributed by atoms with Crippen LogP contribution in [0.15, 0.2) is 12.7 Å². The summed E-state index contributed by atoms with van der Waals surface area (Å²) in [5.41, 5.74) is 0. The molecule has 0 aliphatic carbocycles. The van der Waals surface area contributed by atoms with Crippen molar-refractivity contribution in [2.24, 2.45) is 0 Å². The van der Waals surface area contributed by atoms with Gasteiger partial charge in [0.1, 0.15) is 6.61 Å². The number of unbranched alkanes of at least 4 members (excludes halogenated alkanes) is 6. The molecule has 0 aliphatic rings. The molecular weight excluding hydrogens is 250 g/mol. The van der Waals surface area contributed by atoms with Gasteiger partial charge in [-0.2, -0.15) is 0 Å². The molecule has 3 nitrogen and oxygen atoms in total. The van der Waals surface area contributed by atoms with Gasteiger partial charge in [0.15, 0.2) is 0 Å². The summed E-state index contributed by atoms with van der Waals surface area (Å²) in [6, 6.07) is 0. The van der Waals surface area contributed by atoms with Crippen LogP contribution in [0.5, 0.6) is 0 Å². The van der Waals surface area contributed by atoms with Gasteiger partial charge in [-0.1, -0.05) is 59.0 Å². The molecule has 0 fully saturated rings. The minimum Gasteiger partial charge on any atom is -0.461 e. The zero-order valence-corrected chi connectivity index (χ0v) is 13.5. The molecule has 0 saturated carbocycles. The molecule has 0 aromatic rings. The lowest BCUT2D eigenvalue weighted by molar-refractivity contribution is -0.138. The van der Waals surface area contributed by atoms with E-state index >= 15 is 0 Å². The minimum absolute atomic E-state index is 0.318. The van der Waals surface area contributed by atoms with E-state index in [1.807, 2.05) is 0 Å². The summed E-state index contributed by atoms with van der Waals surface area (Å²) >= 11 is 0. The smallest absolute Gasteiger partial charge is 0.330 e. The normalized spacial score (nSPS) is 10.8. The van der Waals surface area contributed by atoms with Crippen LogP contribution in [0.3, 0.4) is 0 Å². The first-order valence-electron chi connectivity index (χ1n) is 8.26. The molecule has 0 amide bonds. The van der Waals surface area contributed by atoms with Crippen molar-refractivity contribution in [3.8, 4) is 0 Å². The molecule has 118 valence electrons. The molecule has 0 aliphatic heterocycles. The fourth-order valence-electron chi connectivity index (χ4n) is 2.19. The average molecular weight is 283 g/mol. The highest BCUT2D eigenvalue weighted by atomic mass is 16.5. The van der Waals surface area contributed by atoms with Crippen molar-refractivity contribution in [3.05, 3.63) is 12.7 Å². The molecule has 0 bridgehead atoms. The summed E-state index contributed by atoms with van der Waals surface area (Å²) in [6.07, 6.45) is 11.5. The zero-order valence-electron chi connectivity index (χ0n) is 13.5. The summed E-state index contributed by atoms with van der Waals surface area (Å²) in [6.45, 7) is 11.4. The molecule has 0 rings (SSSR count). The maximum Gasteiger partial charge on any atom is 0.330 e. The molecular formula is C17H33NO2. The summed E-state index contributed by atoms with van der Waals surface area (Å²) in [5, 5.41) is 0. The standard InChI is InChI=1S/C17H33NO2/c1-4-7-9-10-12-14-18(13-11-8-5-2)15-16-20-17(19)6-3/h6H,3-5,7-16H2,1-2H3. The molecule has 0 heterocycles. The fraction of sp³-hybridized carbons (Fsp3) is 0.824. The first-order chi connectivity index (χ1) is 9.74. The van der Waals surface area contributed by atoms with E-state index in [9.17, 15) is 4.79 Å². The summed E-state index contributed by atoms with van der Waals surface area (Å²) in [7, 11) is 0. The number of nitrogens with zero attached hydrogens (tertiary/aromatic N) is 1. The minimum atomic E-state index is -0.318. The van der Waals surface area contributed by atoms with E-state index in [1.165, 1.54) is 57.4 Å². The first kappa shape index (κ1) is 19.2. The molecule has 0 saturated heterocycles. The van der Waals surface area contributed by atoms with Crippen molar-refractivity contribution in [1.29, 1.82) is 0 Å². The molecule has 0 unspecified atom stereocenters. The van der Waals surface area contributed by atoms with Gasteiger partial charge in [0, 0.05) is 12.6 Å². The monoisotopic (exact) mass is 283 g/mol. The van der Waals surface area contributed by atoms with Gasteiger partial charge in [-0.15, -0.1) is 0 Å². The van der Waals surface area contributed by atoms with Crippen LogP contribution < -0.4 is 0 Å². The lowest BCUT2D eigenvalue weighted by atomic mass is 10.1.